The van der Waals surface area contributed by atoms with Crippen molar-refractivity contribution in [3.63, 3.8) is 0 Å². The maximum atomic E-state index is 10.8. The molecule has 1 atom stereocenters. The molecule has 0 aromatic carbocycles. The van der Waals surface area contributed by atoms with E-state index in [0.29, 0.717) is 19.5 Å². The summed E-state index contributed by atoms with van der Waals surface area (Å²) in [6.07, 6.45) is -0.570. The van der Waals surface area contributed by atoms with Crippen molar-refractivity contribution in [2.45, 2.75) is 31.6 Å². The van der Waals surface area contributed by atoms with E-state index in [4.69, 9.17) is 21.1 Å². The number of carboxylic acid groups (broad SMARTS) is 1. The highest BCUT2D eigenvalue weighted by Gasteiger charge is 2.16. The molecule has 8 nitrogen and oxygen atoms in total. The summed E-state index contributed by atoms with van der Waals surface area (Å²) in [7, 11) is 0. The number of carbonyl (C=O) groups is 2. The van der Waals surface area contributed by atoms with Gasteiger partial charge in [0, 0.05) is 13.0 Å². The summed E-state index contributed by atoms with van der Waals surface area (Å²) in [4.78, 5) is 21.4. The molecule has 0 saturated carbocycles. The van der Waals surface area contributed by atoms with Gasteiger partial charge in [-0.1, -0.05) is 0 Å². The maximum Gasteiger partial charge on any atom is 0.320 e. The van der Waals surface area contributed by atoms with E-state index in [-0.39, 0.29) is 19.4 Å². The number of amides is 1. The summed E-state index contributed by atoms with van der Waals surface area (Å²) in [5.41, 5.74) is 4.95. The number of aliphatic carboxylic acids is 1. The molecule has 0 rings (SSSR count). The Balaban J connectivity index is 3.64. The third-order valence-electron chi connectivity index (χ3n) is 2.23. The Morgan fingerprint density at radius 1 is 1.22 bits per heavy atom. The van der Waals surface area contributed by atoms with Gasteiger partial charge in [-0.2, -0.15) is 0 Å². The molecular formula is C10H21N3O5. The zero-order valence-electron chi connectivity index (χ0n) is 10.1. The number of carbonyl (C=O) groups excluding carboxylic acids is 1. The molecule has 0 aliphatic rings. The van der Waals surface area contributed by atoms with Crippen molar-refractivity contribution in [2.75, 3.05) is 19.6 Å². The van der Waals surface area contributed by atoms with Gasteiger partial charge in [-0.25, -0.2) is 0 Å². The van der Waals surface area contributed by atoms with Crippen LogP contribution in [0.25, 0.3) is 0 Å². The summed E-state index contributed by atoms with van der Waals surface area (Å²) in [5.74, 6) is -1.54. The van der Waals surface area contributed by atoms with Crippen molar-refractivity contribution >= 4 is 11.9 Å². The largest absolute Gasteiger partial charge is 0.480 e. The van der Waals surface area contributed by atoms with Gasteiger partial charge in [-0.3, -0.25) is 9.59 Å². The second-order valence-electron chi connectivity index (χ2n) is 3.89. The molecule has 7 N–H and O–H groups in total. The van der Waals surface area contributed by atoms with Crippen LogP contribution in [0.4, 0.5) is 0 Å². The van der Waals surface area contributed by atoms with Crippen LogP contribution >= 0.6 is 0 Å². The quantitative estimate of drug-likeness (QED) is 0.180. The molecule has 8 heteroatoms. The van der Waals surface area contributed by atoms with Gasteiger partial charge in [0.1, 0.15) is 6.04 Å². The van der Waals surface area contributed by atoms with E-state index in [0.717, 1.165) is 0 Å². The van der Waals surface area contributed by atoms with Gasteiger partial charge in [-0.15, -0.1) is 0 Å². The van der Waals surface area contributed by atoms with Gasteiger partial charge in [-0.05, 0) is 25.9 Å². The number of hydrogen-bond donors (Lipinski definition) is 6. The molecular weight excluding hydrogens is 242 g/mol. The summed E-state index contributed by atoms with van der Waals surface area (Å²) < 4.78 is 0. The molecule has 0 radical (unpaired) electrons. The van der Waals surface area contributed by atoms with E-state index in [1.54, 1.807) is 0 Å². The summed E-state index contributed by atoms with van der Waals surface area (Å²) in [5, 5.41) is 31.5. The minimum absolute atomic E-state index is 0.0267. The predicted octanol–water partition coefficient (Wildman–Crippen LogP) is -2.41. The molecule has 0 saturated heterocycles. The number of aliphatic hydroxyl groups is 2. The van der Waals surface area contributed by atoms with Crippen LogP contribution in [0.1, 0.15) is 19.3 Å². The van der Waals surface area contributed by atoms with E-state index in [1.165, 1.54) is 0 Å². The first-order valence-corrected chi connectivity index (χ1v) is 5.74. The van der Waals surface area contributed by atoms with Crippen LogP contribution in [0.5, 0.6) is 0 Å². The predicted molar refractivity (Wildman–Crippen MR) is 63.6 cm³/mol. The van der Waals surface area contributed by atoms with Gasteiger partial charge < -0.3 is 31.7 Å². The SMILES string of the molecule is NC(=O)CC[C@H](NCCCNCC(O)O)C(=O)O. The Hall–Kier alpha value is -1.22. The number of primary amides is 1. The van der Waals surface area contributed by atoms with Gasteiger partial charge in [0.05, 0.1) is 0 Å². The molecule has 18 heavy (non-hydrogen) atoms. The highest BCUT2D eigenvalue weighted by Crippen LogP contribution is 1.97. The van der Waals surface area contributed by atoms with Crippen molar-refractivity contribution in [3.8, 4) is 0 Å². The lowest BCUT2D eigenvalue weighted by atomic mass is 10.1. The Morgan fingerprint density at radius 3 is 2.39 bits per heavy atom. The molecule has 0 fully saturated rings. The van der Waals surface area contributed by atoms with Crippen molar-refractivity contribution in [1.82, 2.24) is 10.6 Å². The fourth-order valence-electron chi connectivity index (χ4n) is 1.32. The lowest BCUT2D eigenvalue weighted by molar-refractivity contribution is -0.139. The number of aliphatic hydroxyl groups excluding tert-OH is 1. The first-order chi connectivity index (χ1) is 8.43. The molecule has 1 amide bonds. The normalized spacial score (nSPS) is 12.6. The first-order valence-electron chi connectivity index (χ1n) is 5.74. The third kappa shape index (κ3) is 9.97. The number of nitrogens with two attached hydrogens (primary N) is 1. The smallest absolute Gasteiger partial charge is 0.320 e. The van der Waals surface area contributed by atoms with Crippen molar-refractivity contribution in [3.05, 3.63) is 0 Å². The van der Waals surface area contributed by atoms with E-state index in [2.05, 4.69) is 10.6 Å². The summed E-state index contributed by atoms with van der Waals surface area (Å²) >= 11 is 0. The van der Waals surface area contributed by atoms with Crippen molar-refractivity contribution < 1.29 is 24.9 Å². The molecule has 0 spiro atoms. The topological polar surface area (TPSA) is 145 Å². The van der Waals surface area contributed by atoms with Crippen LogP contribution in [0.3, 0.4) is 0 Å². The number of hydrogen-bond acceptors (Lipinski definition) is 6. The zero-order chi connectivity index (χ0) is 14.0. The Bertz CT molecular complexity index is 260. The van der Waals surface area contributed by atoms with Gasteiger partial charge >= 0.3 is 5.97 Å². The minimum Gasteiger partial charge on any atom is -0.480 e. The molecule has 0 bridgehead atoms. The second-order valence-corrected chi connectivity index (χ2v) is 3.89. The Morgan fingerprint density at radius 2 is 1.89 bits per heavy atom. The summed E-state index contributed by atoms with van der Waals surface area (Å²) in [6, 6.07) is -0.791. The zero-order valence-corrected chi connectivity index (χ0v) is 10.1. The van der Waals surface area contributed by atoms with Crippen LogP contribution < -0.4 is 16.4 Å². The van der Waals surface area contributed by atoms with Crippen LogP contribution in [0.15, 0.2) is 0 Å². The highest BCUT2D eigenvalue weighted by atomic mass is 16.5. The fourth-order valence-corrected chi connectivity index (χ4v) is 1.32. The number of rotatable bonds is 11. The lowest BCUT2D eigenvalue weighted by Crippen LogP contribution is -2.39. The monoisotopic (exact) mass is 263 g/mol. The average Bonchev–Trinajstić information content (AvgIpc) is 2.25. The second kappa shape index (κ2) is 9.77. The fraction of sp³-hybridized carbons (Fsp3) is 0.800. The summed E-state index contributed by atoms with van der Waals surface area (Å²) in [6.45, 7) is 1.06. The average molecular weight is 263 g/mol. The van der Waals surface area contributed by atoms with E-state index in [1.807, 2.05) is 0 Å². The van der Waals surface area contributed by atoms with Crippen molar-refractivity contribution in [1.29, 1.82) is 0 Å². The minimum atomic E-state index is -1.39. The van der Waals surface area contributed by atoms with Crippen LogP contribution in [0.2, 0.25) is 0 Å². The van der Waals surface area contributed by atoms with Gasteiger partial charge in [0.15, 0.2) is 6.29 Å². The van der Waals surface area contributed by atoms with Gasteiger partial charge in [0.25, 0.3) is 0 Å². The maximum absolute atomic E-state index is 10.8. The van der Waals surface area contributed by atoms with Crippen molar-refractivity contribution in [2.24, 2.45) is 5.73 Å². The van der Waals surface area contributed by atoms with Crippen LogP contribution in [0, 0.1) is 0 Å². The molecule has 0 aliphatic carbocycles. The Labute approximate surface area is 105 Å². The van der Waals surface area contributed by atoms with Crippen LogP contribution in [-0.4, -0.2) is 59.2 Å². The van der Waals surface area contributed by atoms with E-state index in [9.17, 15) is 9.59 Å². The molecule has 106 valence electrons. The molecule has 0 unspecified atom stereocenters. The Kier molecular flexibility index (Phi) is 9.11. The van der Waals surface area contributed by atoms with Gasteiger partial charge in [0.2, 0.25) is 5.91 Å². The molecule has 0 aliphatic heterocycles. The van der Waals surface area contributed by atoms with E-state index >= 15 is 0 Å². The van der Waals surface area contributed by atoms with E-state index < -0.39 is 24.2 Å². The van der Waals surface area contributed by atoms with Crippen LogP contribution in [-0.2, 0) is 9.59 Å². The molecule has 0 heterocycles. The third-order valence-corrected chi connectivity index (χ3v) is 2.23. The first kappa shape index (κ1) is 16.8. The molecule has 0 aromatic heterocycles. The number of nitrogens with one attached hydrogen (secondary N) is 2. The standard InChI is InChI=1S/C10H21N3O5/c11-8(14)3-2-7(10(17)18)13-5-1-4-12-6-9(15)16/h7,9,12-13,15-16H,1-6H2,(H2,11,14)(H,17,18)/t7-/m0/s1. The highest BCUT2D eigenvalue weighted by molar-refractivity contribution is 5.77. The lowest BCUT2D eigenvalue weighted by Gasteiger charge is -2.13. The molecule has 0 aromatic rings. The number of carboxylic acids is 1.